The van der Waals surface area contributed by atoms with Crippen LogP contribution in [0.25, 0.3) is 0 Å². The quantitative estimate of drug-likeness (QED) is 0.610. The smallest absolute Gasteiger partial charge is 0.154 e. The number of hydrogen-bond acceptors (Lipinski definition) is 4. The molecule has 0 radical (unpaired) electrons. The van der Waals surface area contributed by atoms with E-state index in [9.17, 15) is 0 Å². The van der Waals surface area contributed by atoms with E-state index in [-0.39, 0.29) is 12.6 Å². The number of rotatable bonds is 4. The zero-order valence-electron chi connectivity index (χ0n) is 8.79. The van der Waals surface area contributed by atoms with Crippen molar-refractivity contribution in [1.82, 2.24) is 0 Å². The molecule has 0 aromatic rings. The molecule has 76 valence electrons. The van der Waals surface area contributed by atoms with Gasteiger partial charge >= 0.3 is 0 Å². The van der Waals surface area contributed by atoms with Crippen molar-refractivity contribution in [2.45, 2.75) is 26.4 Å². The van der Waals surface area contributed by atoms with Gasteiger partial charge in [-0.25, -0.2) is 0 Å². The Labute approximate surface area is 74.8 Å². The molecule has 0 saturated carbocycles. The van der Waals surface area contributed by atoms with E-state index in [0.29, 0.717) is 0 Å². The summed E-state index contributed by atoms with van der Waals surface area (Å²) in [6.45, 7) is 3.67. The van der Waals surface area contributed by atoms with Gasteiger partial charge in [-0.3, -0.25) is 0 Å². The fourth-order valence-electron chi connectivity index (χ4n) is 0.192. The van der Waals surface area contributed by atoms with Crippen LogP contribution in [0.5, 0.6) is 0 Å². The standard InChI is InChI=1S/2C4H10O2/c2*1-4(5-2)6-3/h2*4H,1-3H3. The summed E-state index contributed by atoms with van der Waals surface area (Å²) in [4.78, 5) is 0. The third-order valence-corrected chi connectivity index (χ3v) is 1.33. The molecule has 0 atom stereocenters. The highest BCUT2D eigenvalue weighted by atomic mass is 16.7. The van der Waals surface area contributed by atoms with Gasteiger partial charge in [0, 0.05) is 28.4 Å². The van der Waals surface area contributed by atoms with Gasteiger partial charge in [0.05, 0.1) is 0 Å². The monoisotopic (exact) mass is 180 g/mol. The molecule has 0 bridgehead atoms. The van der Waals surface area contributed by atoms with Crippen molar-refractivity contribution in [3.63, 3.8) is 0 Å². The lowest BCUT2D eigenvalue weighted by Gasteiger charge is -2.03. The van der Waals surface area contributed by atoms with Gasteiger partial charge < -0.3 is 18.9 Å². The van der Waals surface area contributed by atoms with E-state index in [2.05, 4.69) is 18.9 Å². The fraction of sp³-hybridized carbons (Fsp3) is 1.00. The third kappa shape index (κ3) is 12.5. The van der Waals surface area contributed by atoms with Crippen LogP contribution in [0.3, 0.4) is 0 Å². The fourth-order valence-corrected chi connectivity index (χ4v) is 0.192. The van der Waals surface area contributed by atoms with Crippen LogP contribution in [0.2, 0.25) is 0 Å². The van der Waals surface area contributed by atoms with E-state index in [4.69, 9.17) is 0 Å². The molecule has 0 rings (SSSR count). The lowest BCUT2D eigenvalue weighted by Crippen LogP contribution is -2.05. The van der Waals surface area contributed by atoms with Crippen LogP contribution in [-0.4, -0.2) is 41.0 Å². The van der Waals surface area contributed by atoms with Crippen molar-refractivity contribution in [2.75, 3.05) is 28.4 Å². The highest BCUT2D eigenvalue weighted by molar-refractivity contribution is 4.18. The minimum absolute atomic E-state index is 0.0648. The van der Waals surface area contributed by atoms with Crippen molar-refractivity contribution < 1.29 is 18.9 Å². The van der Waals surface area contributed by atoms with Gasteiger partial charge in [-0.15, -0.1) is 0 Å². The number of hydrogen-bond donors (Lipinski definition) is 0. The molecule has 0 N–H and O–H groups in total. The first-order valence-electron chi connectivity index (χ1n) is 3.73. The Kier molecular flexibility index (Phi) is 13.0. The Bertz CT molecular complexity index is 59.5. The summed E-state index contributed by atoms with van der Waals surface area (Å²) >= 11 is 0. The molecule has 0 spiro atoms. The molecule has 0 fully saturated rings. The normalized spacial score (nSPS) is 10.0. The molecule has 0 aromatic heterocycles. The molecule has 4 heteroatoms. The predicted molar refractivity (Wildman–Crippen MR) is 47.0 cm³/mol. The summed E-state index contributed by atoms with van der Waals surface area (Å²) in [6, 6.07) is 0. The van der Waals surface area contributed by atoms with Crippen LogP contribution in [-0.2, 0) is 18.9 Å². The summed E-state index contributed by atoms with van der Waals surface area (Å²) < 4.78 is 18.7. The molecule has 0 amide bonds. The molecular weight excluding hydrogens is 160 g/mol. The third-order valence-electron chi connectivity index (χ3n) is 1.33. The molecule has 0 unspecified atom stereocenters. The van der Waals surface area contributed by atoms with Crippen molar-refractivity contribution in [3.8, 4) is 0 Å². The van der Waals surface area contributed by atoms with Crippen LogP contribution in [0, 0.1) is 0 Å². The van der Waals surface area contributed by atoms with Crippen molar-refractivity contribution in [3.05, 3.63) is 0 Å². The maximum absolute atomic E-state index is 4.68. The zero-order valence-corrected chi connectivity index (χ0v) is 8.79. The largest absolute Gasteiger partial charge is 0.356 e. The van der Waals surface area contributed by atoms with Gasteiger partial charge in [0.2, 0.25) is 0 Å². The van der Waals surface area contributed by atoms with E-state index in [1.165, 1.54) is 0 Å². The summed E-state index contributed by atoms with van der Waals surface area (Å²) in [5.41, 5.74) is 0. The van der Waals surface area contributed by atoms with E-state index >= 15 is 0 Å². The average Bonchev–Trinajstić information content (AvgIpc) is 2.16. The second-order valence-corrected chi connectivity index (χ2v) is 2.08. The molecule has 0 aliphatic rings. The first kappa shape index (κ1) is 14.4. The van der Waals surface area contributed by atoms with Crippen LogP contribution in [0.4, 0.5) is 0 Å². The molecule has 0 heterocycles. The molecule has 12 heavy (non-hydrogen) atoms. The summed E-state index contributed by atoms with van der Waals surface area (Å²) in [6.07, 6.45) is -0.130. The van der Waals surface area contributed by atoms with Gasteiger partial charge in [0.15, 0.2) is 12.6 Å². The molecule has 0 aliphatic carbocycles. The lowest BCUT2D eigenvalue weighted by atomic mass is 10.8. The molecule has 0 aromatic carbocycles. The maximum atomic E-state index is 4.68. The van der Waals surface area contributed by atoms with E-state index in [1.54, 1.807) is 28.4 Å². The van der Waals surface area contributed by atoms with Crippen molar-refractivity contribution in [1.29, 1.82) is 0 Å². The van der Waals surface area contributed by atoms with E-state index in [1.807, 2.05) is 13.8 Å². The summed E-state index contributed by atoms with van der Waals surface area (Å²) in [7, 11) is 6.42. The molecular formula is C8H20O4. The first-order valence-corrected chi connectivity index (χ1v) is 3.73. The molecule has 4 nitrogen and oxygen atoms in total. The van der Waals surface area contributed by atoms with Crippen LogP contribution < -0.4 is 0 Å². The van der Waals surface area contributed by atoms with Gasteiger partial charge in [-0.1, -0.05) is 0 Å². The summed E-state index contributed by atoms with van der Waals surface area (Å²) in [5.74, 6) is 0. The van der Waals surface area contributed by atoms with Crippen LogP contribution >= 0.6 is 0 Å². The predicted octanol–water partition coefficient (Wildman–Crippen LogP) is 1.25. The van der Waals surface area contributed by atoms with Gasteiger partial charge in [0.25, 0.3) is 0 Å². The van der Waals surface area contributed by atoms with Gasteiger partial charge in [0.1, 0.15) is 0 Å². The van der Waals surface area contributed by atoms with E-state index < -0.39 is 0 Å². The van der Waals surface area contributed by atoms with E-state index in [0.717, 1.165) is 0 Å². The first-order chi connectivity index (χ1) is 5.62. The highest BCUT2D eigenvalue weighted by Crippen LogP contribution is 1.83. The highest BCUT2D eigenvalue weighted by Gasteiger charge is 1.88. The van der Waals surface area contributed by atoms with Gasteiger partial charge in [-0.05, 0) is 13.8 Å². The lowest BCUT2D eigenvalue weighted by molar-refractivity contribution is -0.0879. The minimum atomic E-state index is -0.0648. The second kappa shape index (κ2) is 10.8. The SMILES string of the molecule is COC(C)OC.COC(C)OC. The van der Waals surface area contributed by atoms with Crippen LogP contribution in [0.15, 0.2) is 0 Å². The average molecular weight is 180 g/mol. The van der Waals surface area contributed by atoms with Crippen molar-refractivity contribution in [2.24, 2.45) is 0 Å². The Balaban J connectivity index is 0. The second-order valence-electron chi connectivity index (χ2n) is 2.08. The Morgan fingerprint density at radius 2 is 0.750 bits per heavy atom. The maximum Gasteiger partial charge on any atom is 0.154 e. The Hall–Kier alpha value is -0.160. The topological polar surface area (TPSA) is 36.9 Å². The molecule has 0 saturated heterocycles. The minimum Gasteiger partial charge on any atom is -0.356 e. The summed E-state index contributed by atoms with van der Waals surface area (Å²) in [5, 5.41) is 0. The zero-order chi connectivity index (χ0) is 9.98. The van der Waals surface area contributed by atoms with Crippen LogP contribution in [0.1, 0.15) is 13.8 Å². The van der Waals surface area contributed by atoms with Gasteiger partial charge in [-0.2, -0.15) is 0 Å². The number of ether oxygens (including phenoxy) is 4. The number of methoxy groups -OCH3 is 4. The Morgan fingerprint density at radius 1 is 0.583 bits per heavy atom. The molecule has 0 aliphatic heterocycles. The van der Waals surface area contributed by atoms with Crippen molar-refractivity contribution >= 4 is 0 Å². The Morgan fingerprint density at radius 3 is 0.750 bits per heavy atom.